The molecule has 0 N–H and O–H groups in total. The van der Waals surface area contributed by atoms with Crippen molar-refractivity contribution < 1.29 is 0 Å². The predicted octanol–water partition coefficient (Wildman–Crippen LogP) is 2.90. The zero-order chi connectivity index (χ0) is 17.3. The van der Waals surface area contributed by atoms with E-state index in [1.54, 1.807) is 12.4 Å². The van der Waals surface area contributed by atoms with E-state index < -0.39 is 0 Å². The lowest BCUT2D eigenvalue weighted by Crippen LogP contribution is -2.47. The number of fused-ring (bicyclic) bond motifs is 3. The molecule has 0 radical (unpaired) electrons. The molecule has 0 unspecified atom stereocenters. The van der Waals surface area contributed by atoms with E-state index in [1.165, 1.54) is 5.39 Å². The van der Waals surface area contributed by atoms with Gasteiger partial charge in [-0.1, -0.05) is 36.4 Å². The normalized spacial score (nSPS) is 14.9. The number of rotatable bonds is 2. The van der Waals surface area contributed by atoms with Crippen molar-refractivity contribution >= 4 is 33.4 Å². The molecule has 2 aromatic heterocycles. The lowest BCUT2D eigenvalue weighted by Gasteiger charge is -2.35. The largest absolute Gasteiger partial charge is 0.352 e. The Morgan fingerprint density at radius 2 is 1.42 bits per heavy atom. The molecule has 6 nitrogen and oxygen atoms in total. The maximum atomic E-state index is 4.53. The van der Waals surface area contributed by atoms with Crippen LogP contribution in [0.3, 0.4) is 0 Å². The minimum Gasteiger partial charge on any atom is -0.352 e. The van der Waals surface area contributed by atoms with Gasteiger partial charge in [0.15, 0.2) is 5.82 Å². The molecule has 1 fully saturated rings. The van der Waals surface area contributed by atoms with Crippen LogP contribution in [0.1, 0.15) is 0 Å². The van der Waals surface area contributed by atoms with Gasteiger partial charge in [-0.25, -0.2) is 9.97 Å². The average Bonchev–Trinajstić information content (AvgIpc) is 2.74. The second-order valence-electron chi connectivity index (χ2n) is 6.45. The number of hydrogen-bond donors (Lipinski definition) is 0. The third kappa shape index (κ3) is 2.60. The highest BCUT2D eigenvalue weighted by molar-refractivity contribution is 6.05. The molecule has 128 valence electrons. The van der Waals surface area contributed by atoms with Gasteiger partial charge in [0.1, 0.15) is 5.52 Å². The molecule has 4 aromatic rings. The Bertz CT molecular complexity index is 1060. The minimum absolute atomic E-state index is 0.795. The van der Waals surface area contributed by atoms with Crippen molar-refractivity contribution in [2.45, 2.75) is 0 Å². The summed E-state index contributed by atoms with van der Waals surface area (Å²) in [4.78, 5) is 13.2. The summed E-state index contributed by atoms with van der Waals surface area (Å²) in [5, 5.41) is 12.5. The molecule has 0 spiro atoms. The molecule has 0 amide bonds. The van der Waals surface area contributed by atoms with Crippen molar-refractivity contribution in [1.29, 1.82) is 0 Å². The molecule has 6 heteroatoms. The van der Waals surface area contributed by atoms with Crippen LogP contribution in [-0.4, -0.2) is 46.3 Å². The highest BCUT2D eigenvalue weighted by atomic mass is 15.3. The summed E-state index contributed by atoms with van der Waals surface area (Å²) in [5.41, 5.74) is 0.961. The molecule has 0 aliphatic carbocycles. The van der Waals surface area contributed by atoms with Crippen LogP contribution < -0.4 is 9.80 Å². The molecule has 5 rings (SSSR count). The van der Waals surface area contributed by atoms with E-state index in [2.05, 4.69) is 60.3 Å². The lowest BCUT2D eigenvalue weighted by atomic mass is 10.1. The second kappa shape index (κ2) is 6.22. The zero-order valence-electron chi connectivity index (χ0n) is 14.3. The Balaban J connectivity index is 1.41. The van der Waals surface area contributed by atoms with Gasteiger partial charge in [-0.3, -0.25) is 0 Å². The summed E-state index contributed by atoms with van der Waals surface area (Å²) in [6.07, 6.45) is 3.57. The molecule has 26 heavy (non-hydrogen) atoms. The summed E-state index contributed by atoms with van der Waals surface area (Å²) in [5.74, 6) is 1.73. The molecule has 0 bridgehead atoms. The third-order valence-electron chi connectivity index (χ3n) is 4.91. The van der Waals surface area contributed by atoms with Crippen molar-refractivity contribution in [2.24, 2.45) is 0 Å². The van der Waals surface area contributed by atoms with Crippen LogP contribution in [0, 0.1) is 0 Å². The number of benzene rings is 2. The van der Waals surface area contributed by atoms with Gasteiger partial charge in [0.05, 0.1) is 0 Å². The first-order valence-electron chi connectivity index (χ1n) is 8.81. The molecule has 1 aliphatic rings. The average molecular weight is 342 g/mol. The summed E-state index contributed by atoms with van der Waals surface area (Å²) >= 11 is 0. The Morgan fingerprint density at radius 1 is 0.692 bits per heavy atom. The fraction of sp³-hybridized carbons (Fsp3) is 0.200. The molecule has 0 atom stereocenters. The highest BCUT2D eigenvalue weighted by Crippen LogP contribution is 2.26. The zero-order valence-corrected chi connectivity index (χ0v) is 14.3. The van der Waals surface area contributed by atoms with Gasteiger partial charge >= 0.3 is 0 Å². The molecular weight excluding hydrogens is 324 g/mol. The molecule has 1 aliphatic heterocycles. The van der Waals surface area contributed by atoms with E-state index in [1.807, 2.05) is 18.2 Å². The summed E-state index contributed by atoms with van der Waals surface area (Å²) in [6.45, 7) is 3.51. The second-order valence-corrected chi connectivity index (χ2v) is 6.45. The van der Waals surface area contributed by atoms with Gasteiger partial charge < -0.3 is 9.80 Å². The number of aromatic nitrogens is 4. The van der Waals surface area contributed by atoms with Gasteiger partial charge in [0.25, 0.3) is 0 Å². The first-order chi connectivity index (χ1) is 12.9. The van der Waals surface area contributed by atoms with Gasteiger partial charge in [-0.2, -0.15) is 0 Å². The monoisotopic (exact) mass is 342 g/mol. The van der Waals surface area contributed by atoms with Crippen LogP contribution in [0.25, 0.3) is 21.7 Å². The van der Waals surface area contributed by atoms with E-state index in [0.29, 0.717) is 0 Å². The van der Waals surface area contributed by atoms with E-state index in [9.17, 15) is 0 Å². The SMILES string of the molecule is c1cnc(N2CCN(c3cc4ccc5ccccc5c4nn3)CC2)nc1. The minimum atomic E-state index is 0.795. The first kappa shape index (κ1) is 15.0. The third-order valence-corrected chi connectivity index (χ3v) is 4.91. The first-order valence-corrected chi connectivity index (χ1v) is 8.81. The van der Waals surface area contributed by atoms with Crippen molar-refractivity contribution in [1.82, 2.24) is 20.2 Å². The van der Waals surface area contributed by atoms with Crippen molar-refractivity contribution in [3.05, 3.63) is 60.9 Å². The smallest absolute Gasteiger partial charge is 0.225 e. The lowest BCUT2D eigenvalue weighted by molar-refractivity contribution is 0.632. The maximum Gasteiger partial charge on any atom is 0.225 e. The van der Waals surface area contributed by atoms with Crippen LogP contribution in [0.15, 0.2) is 60.9 Å². The Morgan fingerprint density at radius 3 is 2.27 bits per heavy atom. The van der Waals surface area contributed by atoms with Crippen LogP contribution in [0.4, 0.5) is 11.8 Å². The molecule has 2 aromatic carbocycles. The van der Waals surface area contributed by atoms with Crippen LogP contribution >= 0.6 is 0 Å². The van der Waals surface area contributed by atoms with Gasteiger partial charge in [0.2, 0.25) is 5.95 Å². The van der Waals surface area contributed by atoms with Gasteiger partial charge in [-0.15, -0.1) is 10.2 Å². The summed E-state index contributed by atoms with van der Waals surface area (Å²) in [7, 11) is 0. The van der Waals surface area contributed by atoms with Gasteiger partial charge in [-0.05, 0) is 17.5 Å². The van der Waals surface area contributed by atoms with Crippen LogP contribution in [0.5, 0.6) is 0 Å². The van der Waals surface area contributed by atoms with Crippen molar-refractivity contribution in [3.8, 4) is 0 Å². The molecule has 0 saturated carbocycles. The molecule has 3 heterocycles. The number of hydrogen-bond acceptors (Lipinski definition) is 6. The van der Waals surface area contributed by atoms with Crippen LogP contribution in [-0.2, 0) is 0 Å². The summed E-state index contributed by atoms with van der Waals surface area (Å²) < 4.78 is 0. The fourth-order valence-electron chi connectivity index (χ4n) is 3.51. The van der Waals surface area contributed by atoms with Crippen molar-refractivity contribution in [2.75, 3.05) is 36.0 Å². The van der Waals surface area contributed by atoms with Crippen molar-refractivity contribution in [3.63, 3.8) is 0 Å². The molecular formula is C20H18N6. The van der Waals surface area contributed by atoms with E-state index >= 15 is 0 Å². The Hall–Kier alpha value is -3.28. The standard InChI is InChI=1S/C20H18N6/c1-2-5-17-15(4-1)6-7-16-14-18(23-24-19(16)17)25-10-12-26(13-11-25)20-21-8-3-9-22-20/h1-9,14H,10-13H2. The number of nitrogens with zero attached hydrogens (tertiary/aromatic N) is 6. The Kier molecular flexibility index (Phi) is 3.59. The van der Waals surface area contributed by atoms with Crippen LogP contribution in [0.2, 0.25) is 0 Å². The predicted molar refractivity (Wildman–Crippen MR) is 104 cm³/mol. The maximum absolute atomic E-state index is 4.53. The number of piperazine rings is 1. The highest BCUT2D eigenvalue weighted by Gasteiger charge is 2.20. The molecule has 1 saturated heterocycles. The Labute approximate surface area is 151 Å². The number of anilines is 2. The van der Waals surface area contributed by atoms with E-state index in [0.717, 1.165) is 54.2 Å². The summed E-state index contributed by atoms with van der Waals surface area (Å²) in [6, 6.07) is 16.6. The quantitative estimate of drug-likeness (QED) is 0.522. The fourth-order valence-corrected chi connectivity index (χ4v) is 3.51. The topological polar surface area (TPSA) is 58.0 Å². The van der Waals surface area contributed by atoms with Gasteiger partial charge in [0, 0.05) is 49.3 Å². The van der Waals surface area contributed by atoms with E-state index in [-0.39, 0.29) is 0 Å². The van der Waals surface area contributed by atoms with E-state index in [4.69, 9.17) is 0 Å².